The highest BCUT2D eigenvalue weighted by Crippen LogP contribution is 2.37. The second-order valence-corrected chi connectivity index (χ2v) is 5.69. The lowest BCUT2D eigenvalue weighted by atomic mass is 9.96. The molecule has 1 fully saturated rings. The van der Waals surface area contributed by atoms with Gasteiger partial charge in [0.1, 0.15) is 5.75 Å². The first-order valence-electron chi connectivity index (χ1n) is 7.87. The highest BCUT2D eigenvalue weighted by Gasteiger charge is 2.34. The van der Waals surface area contributed by atoms with E-state index in [1.165, 1.54) is 7.11 Å². The number of methoxy groups -OCH3 is 1. The van der Waals surface area contributed by atoms with Crippen LogP contribution in [0.25, 0.3) is 5.70 Å². The number of likely N-dealkylation sites (tertiary alicyclic amines) is 1. The van der Waals surface area contributed by atoms with Crippen molar-refractivity contribution in [1.82, 2.24) is 4.90 Å². The average Bonchev–Trinajstić information content (AvgIpc) is 3.10. The number of carboxylic acid groups (broad SMARTS) is 1. The fraction of sp³-hybridized carbons (Fsp3) is 0.278. The van der Waals surface area contributed by atoms with Gasteiger partial charge in [-0.05, 0) is 25.0 Å². The molecule has 0 spiro atoms. The van der Waals surface area contributed by atoms with Crippen LogP contribution in [0.15, 0.2) is 41.5 Å². The summed E-state index contributed by atoms with van der Waals surface area (Å²) in [4.78, 5) is 38.2. The van der Waals surface area contributed by atoms with Crippen LogP contribution in [0.1, 0.15) is 18.4 Å². The van der Waals surface area contributed by atoms with Crippen molar-refractivity contribution in [2.75, 3.05) is 20.2 Å². The summed E-state index contributed by atoms with van der Waals surface area (Å²) in [6, 6.07) is 6.75. The van der Waals surface area contributed by atoms with Crippen LogP contribution in [0, 0.1) is 0 Å². The Balaban J connectivity index is 2.37. The molecule has 7 nitrogen and oxygen atoms in total. The van der Waals surface area contributed by atoms with E-state index in [4.69, 9.17) is 9.47 Å². The lowest BCUT2D eigenvalue weighted by molar-refractivity contribution is -0.138. The predicted octanol–water partition coefficient (Wildman–Crippen LogP) is 1.60. The van der Waals surface area contributed by atoms with Crippen LogP contribution in [0.3, 0.4) is 0 Å². The van der Waals surface area contributed by atoms with Gasteiger partial charge in [0.05, 0.1) is 24.0 Å². The molecule has 0 atom stereocenters. The van der Waals surface area contributed by atoms with Gasteiger partial charge in [-0.15, -0.1) is 0 Å². The molecule has 0 aromatic heterocycles. The van der Waals surface area contributed by atoms with Gasteiger partial charge in [-0.2, -0.15) is 0 Å². The zero-order chi connectivity index (χ0) is 18.0. The maximum atomic E-state index is 12.5. The number of para-hydroxylation sites is 1. The lowest BCUT2D eigenvalue weighted by Crippen LogP contribution is -2.27. The Hall–Kier alpha value is -3.09. The van der Waals surface area contributed by atoms with E-state index in [1.54, 1.807) is 24.3 Å². The Labute approximate surface area is 144 Å². The summed E-state index contributed by atoms with van der Waals surface area (Å²) in [6.45, 7) is 1.34. The zero-order valence-corrected chi connectivity index (χ0v) is 13.7. The Morgan fingerprint density at radius 3 is 2.52 bits per heavy atom. The van der Waals surface area contributed by atoms with Crippen LogP contribution in [0.2, 0.25) is 0 Å². The Kier molecular flexibility index (Phi) is 4.56. The van der Waals surface area contributed by atoms with Gasteiger partial charge in [0.25, 0.3) is 0 Å². The minimum Gasteiger partial charge on any atom is -0.478 e. The van der Waals surface area contributed by atoms with Crippen molar-refractivity contribution in [3.8, 4) is 5.75 Å². The maximum absolute atomic E-state index is 12.5. The smallest absolute Gasteiger partial charge is 0.340 e. The molecule has 0 aliphatic carbocycles. The second-order valence-electron chi connectivity index (χ2n) is 5.69. The van der Waals surface area contributed by atoms with Gasteiger partial charge in [-0.3, -0.25) is 0 Å². The van der Waals surface area contributed by atoms with Gasteiger partial charge < -0.3 is 19.5 Å². The number of ether oxygens (including phenoxy) is 2. The summed E-state index contributed by atoms with van der Waals surface area (Å²) < 4.78 is 10.1. The molecule has 2 heterocycles. The van der Waals surface area contributed by atoms with E-state index in [0.29, 0.717) is 24.4 Å². The van der Waals surface area contributed by atoms with E-state index in [1.807, 2.05) is 4.90 Å². The Morgan fingerprint density at radius 1 is 1.20 bits per heavy atom. The molecule has 2 aliphatic rings. The summed E-state index contributed by atoms with van der Waals surface area (Å²) in [5.41, 5.74) is 0.334. The molecular weight excluding hydrogens is 326 g/mol. The molecule has 1 saturated heterocycles. The first-order valence-corrected chi connectivity index (χ1v) is 7.87. The van der Waals surface area contributed by atoms with Gasteiger partial charge in [0, 0.05) is 24.7 Å². The molecule has 1 N–H and O–H groups in total. The summed E-state index contributed by atoms with van der Waals surface area (Å²) in [7, 11) is 1.18. The number of hydrogen-bond acceptors (Lipinski definition) is 6. The molecule has 25 heavy (non-hydrogen) atoms. The average molecular weight is 343 g/mol. The molecule has 1 aromatic carbocycles. The highest BCUT2D eigenvalue weighted by atomic mass is 16.5. The van der Waals surface area contributed by atoms with E-state index in [0.717, 1.165) is 18.9 Å². The molecule has 0 saturated carbocycles. The number of fused-ring (bicyclic) bond motifs is 1. The van der Waals surface area contributed by atoms with Crippen molar-refractivity contribution in [2.24, 2.45) is 0 Å². The van der Waals surface area contributed by atoms with Crippen molar-refractivity contribution in [3.63, 3.8) is 0 Å². The van der Waals surface area contributed by atoms with E-state index in [9.17, 15) is 19.5 Å². The number of carbonyl (C=O) groups excluding carboxylic acids is 2. The Bertz CT molecular complexity index is 802. The molecule has 1 aromatic rings. The van der Waals surface area contributed by atoms with Crippen molar-refractivity contribution in [2.45, 2.75) is 12.8 Å². The van der Waals surface area contributed by atoms with E-state index in [-0.39, 0.29) is 11.3 Å². The molecule has 0 amide bonds. The molecular formula is C18H17NO6. The minimum absolute atomic E-state index is 0.138. The minimum atomic E-state index is -1.39. The normalized spacial score (nSPS) is 22.2. The molecule has 7 heteroatoms. The first kappa shape index (κ1) is 16.8. The molecule has 0 radical (unpaired) electrons. The van der Waals surface area contributed by atoms with Crippen molar-refractivity contribution >= 4 is 23.6 Å². The highest BCUT2D eigenvalue weighted by molar-refractivity contribution is 6.14. The molecule has 130 valence electrons. The zero-order valence-electron chi connectivity index (χ0n) is 13.7. The van der Waals surface area contributed by atoms with Gasteiger partial charge >= 0.3 is 17.9 Å². The number of esters is 2. The van der Waals surface area contributed by atoms with Crippen molar-refractivity contribution in [1.29, 1.82) is 0 Å². The predicted molar refractivity (Wildman–Crippen MR) is 87.5 cm³/mol. The van der Waals surface area contributed by atoms with Crippen LogP contribution in [-0.2, 0) is 19.1 Å². The number of carbonyl (C=O) groups is 3. The second kappa shape index (κ2) is 6.80. The van der Waals surface area contributed by atoms with E-state index >= 15 is 0 Å². The summed E-state index contributed by atoms with van der Waals surface area (Å²) in [6.07, 6.45) is 2.67. The van der Waals surface area contributed by atoms with Crippen LogP contribution in [0.5, 0.6) is 5.75 Å². The quantitative estimate of drug-likeness (QED) is 0.658. The number of nitrogens with zero attached hydrogens (tertiary/aromatic N) is 1. The largest absolute Gasteiger partial charge is 0.478 e. The standard InChI is InChI=1S/C18H17NO6/c1-24-18(23)15-12(17(21)22)10-14(20)25-13-7-3-2-6-11(13)16(15)19-8-4-5-9-19/h2-3,6-7,10H,4-5,8-9H2,1H3,(H,21,22)/b12-10+,16-15-. The Morgan fingerprint density at radius 2 is 1.88 bits per heavy atom. The fourth-order valence-electron chi connectivity index (χ4n) is 3.09. The lowest BCUT2D eigenvalue weighted by Gasteiger charge is -2.27. The topological polar surface area (TPSA) is 93.1 Å². The van der Waals surface area contributed by atoms with Gasteiger partial charge in [-0.1, -0.05) is 12.1 Å². The first-order chi connectivity index (χ1) is 12.0. The summed E-state index contributed by atoms with van der Waals surface area (Å²) in [5.74, 6) is -2.78. The third kappa shape index (κ3) is 3.13. The number of carboxylic acids is 1. The number of rotatable bonds is 3. The summed E-state index contributed by atoms with van der Waals surface area (Å²) in [5, 5.41) is 9.56. The van der Waals surface area contributed by atoms with Gasteiger partial charge in [0.2, 0.25) is 0 Å². The van der Waals surface area contributed by atoms with Crippen LogP contribution < -0.4 is 4.74 Å². The number of aliphatic carboxylic acids is 1. The molecule has 0 unspecified atom stereocenters. The fourth-order valence-corrected chi connectivity index (χ4v) is 3.09. The maximum Gasteiger partial charge on any atom is 0.340 e. The third-order valence-electron chi connectivity index (χ3n) is 4.16. The van der Waals surface area contributed by atoms with Crippen LogP contribution in [0.4, 0.5) is 0 Å². The van der Waals surface area contributed by atoms with Gasteiger partial charge in [0.15, 0.2) is 0 Å². The third-order valence-corrected chi connectivity index (χ3v) is 4.16. The molecule has 2 aliphatic heterocycles. The van der Waals surface area contributed by atoms with Crippen molar-refractivity contribution < 1.29 is 29.0 Å². The molecule has 3 rings (SSSR count). The van der Waals surface area contributed by atoms with Gasteiger partial charge in [-0.25, -0.2) is 14.4 Å². The summed E-state index contributed by atoms with van der Waals surface area (Å²) >= 11 is 0. The monoisotopic (exact) mass is 343 g/mol. The number of hydrogen-bond donors (Lipinski definition) is 1. The van der Waals surface area contributed by atoms with Crippen molar-refractivity contribution in [3.05, 3.63) is 47.1 Å². The van der Waals surface area contributed by atoms with E-state index < -0.39 is 23.5 Å². The van der Waals surface area contributed by atoms with Crippen LogP contribution >= 0.6 is 0 Å². The number of benzene rings is 1. The van der Waals surface area contributed by atoms with E-state index in [2.05, 4.69) is 0 Å². The molecule has 0 bridgehead atoms. The SMILES string of the molecule is COC(=O)C1=C(\N2CCCC2)c2ccccc2OC(=O)/C=C\1C(=O)O. The van der Waals surface area contributed by atoms with Crippen LogP contribution in [-0.4, -0.2) is 48.1 Å².